The van der Waals surface area contributed by atoms with Crippen molar-refractivity contribution >= 4 is 0 Å². The van der Waals surface area contributed by atoms with E-state index in [0.717, 1.165) is 6.42 Å². The summed E-state index contributed by atoms with van der Waals surface area (Å²) in [4.78, 5) is 0. The Morgan fingerprint density at radius 1 is 1.12 bits per heavy atom. The van der Waals surface area contributed by atoms with Gasteiger partial charge in [-0.1, -0.05) is 45.4 Å². The molecular weight excluding hydrogens is 196 g/mol. The second kappa shape index (κ2) is 8.08. The summed E-state index contributed by atoms with van der Waals surface area (Å²) in [5, 5.41) is 0. The molecule has 1 saturated carbocycles. The van der Waals surface area contributed by atoms with Gasteiger partial charge in [-0.05, 0) is 31.6 Å². The Morgan fingerprint density at radius 3 is 2.56 bits per heavy atom. The molecule has 3 atom stereocenters. The standard InChI is InChI=1S/C14H30N2/c1-2-3-4-5-6-10-14(16)12-8-7-9-13(15)11-12/h12-14H,2-11,15-16H2,1H3. The van der Waals surface area contributed by atoms with Crippen LogP contribution in [0.2, 0.25) is 0 Å². The van der Waals surface area contributed by atoms with Crippen LogP contribution in [0.5, 0.6) is 0 Å². The second-order valence-corrected chi connectivity index (χ2v) is 5.55. The molecule has 0 aliphatic heterocycles. The number of nitrogens with two attached hydrogens (primary N) is 2. The molecule has 2 heteroatoms. The van der Waals surface area contributed by atoms with Crippen LogP contribution in [0.3, 0.4) is 0 Å². The Kier molecular flexibility index (Phi) is 7.06. The Balaban J connectivity index is 2.06. The molecular formula is C14H30N2. The van der Waals surface area contributed by atoms with Crippen molar-refractivity contribution in [2.45, 2.75) is 83.2 Å². The highest BCUT2D eigenvalue weighted by Gasteiger charge is 2.23. The summed E-state index contributed by atoms with van der Waals surface area (Å²) >= 11 is 0. The zero-order chi connectivity index (χ0) is 11.8. The minimum absolute atomic E-state index is 0.410. The van der Waals surface area contributed by atoms with Crippen molar-refractivity contribution in [3.63, 3.8) is 0 Å². The van der Waals surface area contributed by atoms with E-state index in [1.54, 1.807) is 0 Å². The van der Waals surface area contributed by atoms with Gasteiger partial charge in [-0.15, -0.1) is 0 Å². The van der Waals surface area contributed by atoms with E-state index >= 15 is 0 Å². The average Bonchev–Trinajstić information content (AvgIpc) is 2.28. The Labute approximate surface area is 101 Å². The largest absolute Gasteiger partial charge is 0.328 e. The number of rotatable bonds is 7. The predicted molar refractivity (Wildman–Crippen MR) is 71.3 cm³/mol. The van der Waals surface area contributed by atoms with Gasteiger partial charge in [0.05, 0.1) is 0 Å². The molecule has 0 spiro atoms. The van der Waals surface area contributed by atoms with Crippen LogP contribution >= 0.6 is 0 Å². The van der Waals surface area contributed by atoms with Gasteiger partial charge >= 0.3 is 0 Å². The molecule has 0 aromatic carbocycles. The normalized spacial score (nSPS) is 27.9. The van der Waals surface area contributed by atoms with Gasteiger partial charge in [-0.25, -0.2) is 0 Å². The van der Waals surface area contributed by atoms with Crippen molar-refractivity contribution in [1.29, 1.82) is 0 Å². The number of unbranched alkanes of at least 4 members (excludes halogenated alkanes) is 4. The lowest BCUT2D eigenvalue weighted by atomic mass is 9.80. The molecule has 0 radical (unpaired) electrons. The molecule has 2 nitrogen and oxygen atoms in total. The molecule has 1 aliphatic carbocycles. The molecule has 0 aromatic rings. The third kappa shape index (κ3) is 5.31. The van der Waals surface area contributed by atoms with Crippen molar-refractivity contribution in [1.82, 2.24) is 0 Å². The first-order valence-electron chi connectivity index (χ1n) is 7.25. The topological polar surface area (TPSA) is 52.0 Å². The summed E-state index contributed by atoms with van der Waals surface area (Å²) in [6.45, 7) is 2.26. The van der Waals surface area contributed by atoms with Crippen LogP contribution in [0.15, 0.2) is 0 Å². The lowest BCUT2D eigenvalue weighted by molar-refractivity contribution is 0.266. The van der Waals surface area contributed by atoms with E-state index in [9.17, 15) is 0 Å². The molecule has 1 fully saturated rings. The summed E-state index contributed by atoms with van der Waals surface area (Å²) in [6.07, 6.45) is 12.9. The first kappa shape index (κ1) is 14.0. The molecule has 16 heavy (non-hydrogen) atoms. The molecule has 3 unspecified atom stereocenters. The monoisotopic (exact) mass is 226 g/mol. The summed E-state index contributed by atoms with van der Waals surface area (Å²) in [5.41, 5.74) is 12.3. The van der Waals surface area contributed by atoms with Crippen LogP contribution in [0, 0.1) is 5.92 Å². The summed E-state index contributed by atoms with van der Waals surface area (Å²) in [5.74, 6) is 0.704. The maximum atomic E-state index is 6.27. The fourth-order valence-corrected chi connectivity index (χ4v) is 2.87. The fraction of sp³-hybridized carbons (Fsp3) is 1.00. The van der Waals surface area contributed by atoms with Crippen LogP contribution in [0.4, 0.5) is 0 Å². The third-order valence-electron chi connectivity index (χ3n) is 4.00. The summed E-state index contributed by atoms with van der Waals surface area (Å²) in [7, 11) is 0. The zero-order valence-corrected chi connectivity index (χ0v) is 11.0. The summed E-state index contributed by atoms with van der Waals surface area (Å²) in [6, 6.07) is 0.831. The molecule has 4 N–H and O–H groups in total. The van der Waals surface area contributed by atoms with Gasteiger partial charge in [-0.2, -0.15) is 0 Å². The van der Waals surface area contributed by atoms with E-state index in [2.05, 4.69) is 6.92 Å². The van der Waals surface area contributed by atoms with Crippen molar-refractivity contribution in [3.05, 3.63) is 0 Å². The van der Waals surface area contributed by atoms with E-state index in [1.165, 1.54) is 57.8 Å². The Hall–Kier alpha value is -0.0800. The molecule has 96 valence electrons. The average molecular weight is 226 g/mol. The van der Waals surface area contributed by atoms with Gasteiger partial charge in [-0.3, -0.25) is 0 Å². The second-order valence-electron chi connectivity index (χ2n) is 5.55. The molecule has 0 aromatic heterocycles. The molecule has 0 saturated heterocycles. The smallest absolute Gasteiger partial charge is 0.00677 e. The van der Waals surface area contributed by atoms with E-state index in [0.29, 0.717) is 18.0 Å². The maximum absolute atomic E-state index is 6.27. The molecule has 0 amide bonds. The van der Waals surface area contributed by atoms with Gasteiger partial charge in [0, 0.05) is 12.1 Å². The number of hydrogen-bond acceptors (Lipinski definition) is 2. The van der Waals surface area contributed by atoms with Gasteiger partial charge < -0.3 is 11.5 Å². The van der Waals surface area contributed by atoms with Crippen LogP contribution in [0.25, 0.3) is 0 Å². The third-order valence-corrected chi connectivity index (χ3v) is 4.00. The quantitative estimate of drug-likeness (QED) is 0.655. The van der Waals surface area contributed by atoms with E-state index in [4.69, 9.17) is 11.5 Å². The van der Waals surface area contributed by atoms with Gasteiger partial charge in [0.1, 0.15) is 0 Å². The van der Waals surface area contributed by atoms with E-state index in [1.807, 2.05) is 0 Å². The van der Waals surface area contributed by atoms with Gasteiger partial charge in [0.2, 0.25) is 0 Å². The zero-order valence-electron chi connectivity index (χ0n) is 11.0. The predicted octanol–water partition coefficient (Wildman–Crippen LogP) is 3.19. The highest BCUT2D eigenvalue weighted by atomic mass is 14.7. The molecule has 0 bridgehead atoms. The van der Waals surface area contributed by atoms with E-state index in [-0.39, 0.29) is 0 Å². The van der Waals surface area contributed by atoms with Gasteiger partial charge in [0.25, 0.3) is 0 Å². The van der Waals surface area contributed by atoms with Crippen molar-refractivity contribution < 1.29 is 0 Å². The van der Waals surface area contributed by atoms with Crippen LogP contribution in [-0.2, 0) is 0 Å². The molecule has 1 rings (SSSR count). The lowest BCUT2D eigenvalue weighted by Gasteiger charge is -2.31. The minimum Gasteiger partial charge on any atom is -0.328 e. The summed E-state index contributed by atoms with van der Waals surface area (Å²) < 4.78 is 0. The highest BCUT2D eigenvalue weighted by Crippen LogP contribution is 2.27. The number of hydrogen-bond donors (Lipinski definition) is 2. The molecule has 0 heterocycles. The molecule has 1 aliphatic rings. The minimum atomic E-state index is 0.410. The van der Waals surface area contributed by atoms with Crippen molar-refractivity contribution in [2.24, 2.45) is 17.4 Å². The first-order valence-corrected chi connectivity index (χ1v) is 7.25. The fourth-order valence-electron chi connectivity index (χ4n) is 2.87. The van der Waals surface area contributed by atoms with Crippen molar-refractivity contribution in [2.75, 3.05) is 0 Å². The van der Waals surface area contributed by atoms with Crippen LogP contribution in [-0.4, -0.2) is 12.1 Å². The van der Waals surface area contributed by atoms with Gasteiger partial charge in [0.15, 0.2) is 0 Å². The van der Waals surface area contributed by atoms with Crippen molar-refractivity contribution in [3.8, 4) is 0 Å². The van der Waals surface area contributed by atoms with Crippen LogP contribution < -0.4 is 11.5 Å². The lowest BCUT2D eigenvalue weighted by Crippen LogP contribution is -2.38. The SMILES string of the molecule is CCCCCCCC(N)C1CCCC(N)C1. The first-order chi connectivity index (χ1) is 7.74. The Morgan fingerprint density at radius 2 is 1.88 bits per heavy atom. The Bertz CT molecular complexity index is 170. The van der Waals surface area contributed by atoms with Crippen LogP contribution in [0.1, 0.15) is 71.1 Å². The highest BCUT2D eigenvalue weighted by molar-refractivity contribution is 4.81. The maximum Gasteiger partial charge on any atom is 0.00677 e. The van der Waals surface area contributed by atoms with E-state index < -0.39 is 0 Å².